The number of hydrogen-bond donors (Lipinski definition) is 0. The Morgan fingerprint density at radius 3 is 2.35 bits per heavy atom. The molecule has 3 rings (SSSR count). The van der Waals surface area contributed by atoms with Gasteiger partial charge in [-0.15, -0.1) is 11.3 Å². The highest BCUT2D eigenvalue weighted by Gasteiger charge is 2.25. The van der Waals surface area contributed by atoms with Crippen LogP contribution in [0.15, 0.2) is 39.9 Å². The lowest BCUT2D eigenvalue weighted by atomic mass is 10.1. The molecule has 3 aromatic rings. The van der Waals surface area contributed by atoms with Crippen molar-refractivity contribution in [1.29, 1.82) is 0 Å². The summed E-state index contributed by atoms with van der Waals surface area (Å²) in [5, 5.41) is 0.448. The standard InChI is InChI=1S/C23H29N3O4S/c1-5-24(6-2)21(28)19-16(3)18-20(27)25(13-12-17-10-8-7-9-11-17)23(29)26(14-15-30-4)22(18)31-19/h7-11H,5-6,12-15H2,1-4H3. The molecular formula is C23H29N3O4S. The van der Waals surface area contributed by atoms with E-state index in [0.29, 0.717) is 53.3 Å². The fourth-order valence-electron chi connectivity index (χ4n) is 3.72. The average Bonchev–Trinajstić information content (AvgIpc) is 3.12. The molecule has 7 nitrogen and oxygen atoms in total. The first kappa shape index (κ1) is 23.0. The molecule has 0 unspecified atom stereocenters. The van der Waals surface area contributed by atoms with E-state index in [2.05, 4.69) is 0 Å². The molecule has 1 amide bonds. The number of nitrogens with zero attached hydrogens (tertiary/aromatic N) is 3. The highest BCUT2D eigenvalue weighted by Crippen LogP contribution is 2.29. The van der Waals surface area contributed by atoms with Crippen LogP contribution in [0.1, 0.15) is 34.6 Å². The van der Waals surface area contributed by atoms with Gasteiger partial charge in [0.25, 0.3) is 11.5 Å². The Morgan fingerprint density at radius 2 is 1.74 bits per heavy atom. The van der Waals surface area contributed by atoms with Gasteiger partial charge in [-0.05, 0) is 38.3 Å². The van der Waals surface area contributed by atoms with Crippen molar-refractivity contribution in [3.05, 3.63) is 67.2 Å². The second kappa shape index (κ2) is 10.1. The largest absolute Gasteiger partial charge is 0.383 e. The summed E-state index contributed by atoms with van der Waals surface area (Å²) >= 11 is 1.22. The van der Waals surface area contributed by atoms with Gasteiger partial charge < -0.3 is 9.64 Å². The second-order valence-electron chi connectivity index (χ2n) is 7.33. The lowest BCUT2D eigenvalue weighted by Gasteiger charge is -2.17. The molecule has 0 fully saturated rings. The third-order valence-electron chi connectivity index (χ3n) is 5.52. The first-order valence-electron chi connectivity index (χ1n) is 10.5. The van der Waals surface area contributed by atoms with E-state index in [1.165, 1.54) is 15.9 Å². The molecule has 0 N–H and O–H groups in total. The van der Waals surface area contributed by atoms with Crippen molar-refractivity contribution in [3.8, 4) is 0 Å². The molecule has 0 aliphatic carbocycles. The Bertz CT molecular complexity index is 1170. The van der Waals surface area contributed by atoms with Crippen LogP contribution in [0.25, 0.3) is 10.2 Å². The Balaban J connectivity index is 2.17. The van der Waals surface area contributed by atoms with Gasteiger partial charge in [0.1, 0.15) is 4.83 Å². The van der Waals surface area contributed by atoms with Crippen LogP contribution in [-0.4, -0.2) is 46.7 Å². The summed E-state index contributed by atoms with van der Waals surface area (Å²) in [5.41, 5.74) is 0.990. The van der Waals surface area contributed by atoms with Crippen molar-refractivity contribution in [2.75, 3.05) is 26.8 Å². The van der Waals surface area contributed by atoms with Crippen molar-refractivity contribution in [2.45, 2.75) is 40.3 Å². The van der Waals surface area contributed by atoms with E-state index in [0.717, 1.165) is 5.56 Å². The zero-order chi connectivity index (χ0) is 22.5. The summed E-state index contributed by atoms with van der Waals surface area (Å²) in [7, 11) is 1.57. The molecule has 0 radical (unpaired) electrons. The molecular weight excluding hydrogens is 414 g/mol. The lowest BCUT2D eigenvalue weighted by Crippen LogP contribution is -2.40. The number of fused-ring (bicyclic) bond motifs is 1. The van der Waals surface area contributed by atoms with Crippen molar-refractivity contribution >= 4 is 27.5 Å². The minimum Gasteiger partial charge on any atom is -0.383 e. The number of aryl methyl sites for hydroxylation is 2. The smallest absolute Gasteiger partial charge is 0.332 e. The molecule has 166 valence electrons. The van der Waals surface area contributed by atoms with Crippen molar-refractivity contribution in [2.24, 2.45) is 0 Å². The molecule has 2 heterocycles. The number of ether oxygens (including phenoxy) is 1. The predicted octanol–water partition coefficient (Wildman–Crippen LogP) is 2.90. The third-order valence-corrected chi connectivity index (χ3v) is 6.83. The molecule has 0 aliphatic rings. The quantitative estimate of drug-likeness (QED) is 0.510. The van der Waals surface area contributed by atoms with Gasteiger partial charge in [0.2, 0.25) is 0 Å². The van der Waals surface area contributed by atoms with E-state index in [-0.39, 0.29) is 23.7 Å². The summed E-state index contributed by atoms with van der Waals surface area (Å²) in [6.07, 6.45) is 0.570. The van der Waals surface area contributed by atoms with Gasteiger partial charge in [0.15, 0.2) is 0 Å². The maximum Gasteiger partial charge on any atom is 0.332 e. The van der Waals surface area contributed by atoms with Gasteiger partial charge in [-0.25, -0.2) is 4.79 Å². The predicted molar refractivity (Wildman–Crippen MR) is 124 cm³/mol. The lowest BCUT2D eigenvalue weighted by molar-refractivity contribution is 0.0777. The van der Waals surface area contributed by atoms with Crippen LogP contribution < -0.4 is 11.2 Å². The third kappa shape index (κ3) is 4.50. The van der Waals surface area contributed by atoms with Gasteiger partial charge in [0, 0.05) is 26.7 Å². The minimum atomic E-state index is -0.367. The monoisotopic (exact) mass is 443 g/mol. The Labute approximate surface area is 185 Å². The van der Waals surface area contributed by atoms with E-state index < -0.39 is 0 Å². The molecule has 0 atom stereocenters. The van der Waals surface area contributed by atoms with Gasteiger partial charge in [0.05, 0.1) is 23.4 Å². The molecule has 0 bridgehead atoms. The van der Waals surface area contributed by atoms with E-state index >= 15 is 0 Å². The molecule has 31 heavy (non-hydrogen) atoms. The van der Waals surface area contributed by atoms with E-state index in [4.69, 9.17) is 4.74 Å². The number of benzene rings is 1. The molecule has 1 aromatic carbocycles. The van der Waals surface area contributed by atoms with Gasteiger partial charge in [-0.3, -0.25) is 18.7 Å². The van der Waals surface area contributed by atoms with Crippen LogP contribution in [0.2, 0.25) is 0 Å². The first-order chi connectivity index (χ1) is 14.9. The van der Waals surface area contributed by atoms with Crippen molar-refractivity contribution in [1.82, 2.24) is 14.0 Å². The van der Waals surface area contributed by atoms with Crippen LogP contribution in [-0.2, 0) is 24.2 Å². The van der Waals surface area contributed by atoms with Crippen LogP contribution in [0.5, 0.6) is 0 Å². The topological polar surface area (TPSA) is 73.5 Å². The zero-order valence-electron chi connectivity index (χ0n) is 18.5. The minimum absolute atomic E-state index is 0.107. The second-order valence-corrected chi connectivity index (χ2v) is 8.33. The summed E-state index contributed by atoms with van der Waals surface area (Å²) in [4.78, 5) is 42.4. The van der Waals surface area contributed by atoms with Gasteiger partial charge in [-0.2, -0.15) is 0 Å². The number of thiophene rings is 1. The first-order valence-corrected chi connectivity index (χ1v) is 11.3. The van der Waals surface area contributed by atoms with Crippen molar-refractivity contribution in [3.63, 3.8) is 0 Å². The van der Waals surface area contributed by atoms with E-state index in [1.807, 2.05) is 44.2 Å². The normalized spacial score (nSPS) is 11.2. The number of carbonyl (C=O) groups is 1. The summed E-state index contributed by atoms with van der Waals surface area (Å²) in [6.45, 7) is 7.74. The maximum absolute atomic E-state index is 13.4. The molecule has 0 spiro atoms. The van der Waals surface area contributed by atoms with Gasteiger partial charge in [-0.1, -0.05) is 30.3 Å². The molecule has 2 aromatic heterocycles. The molecule has 0 saturated carbocycles. The average molecular weight is 444 g/mol. The molecule has 8 heteroatoms. The number of hydrogen-bond acceptors (Lipinski definition) is 5. The highest BCUT2D eigenvalue weighted by atomic mass is 32.1. The zero-order valence-corrected chi connectivity index (χ0v) is 19.3. The summed E-state index contributed by atoms with van der Waals surface area (Å²) < 4.78 is 8.05. The Hall–Kier alpha value is -2.71. The highest BCUT2D eigenvalue weighted by molar-refractivity contribution is 7.20. The van der Waals surface area contributed by atoms with E-state index in [1.54, 1.807) is 23.5 Å². The Morgan fingerprint density at radius 1 is 1.06 bits per heavy atom. The molecule has 0 aliphatic heterocycles. The summed E-state index contributed by atoms with van der Waals surface area (Å²) in [6, 6.07) is 9.76. The van der Waals surface area contributed by atoms with Crippen LogP contribution >= 0.6 is 11.3 Å². The van der Waals surface area contributed by atoms with Crippen LogP contribution in [0.4, 0.5) is 0 Å². The maximum atomic E-state index is 13.4. The number of methoxy groups -OCH3 is 1. The fraction of sp³-hybridized carbons (Fsp3) is 0.435. The van der Waals surface area contributed by atoms with Crippen LogP contribution in [0.3, 0.4) is 0 Å². The van der Waals surface area contributed by atoms with E-state index in [9.17, 15) is 14.4 Å². The Kier molecular flexibility index (Phi) is 7.46. The number of rotatable bonds is 9. The van der Waals surface area contributed by atoms with Crippen LogP contribution in [0, 0.1) is 6.92 Å². The van der Waals surface area contributed by atoms with Gasteiger partial charge >= 0.3 is 5.69 Å². The van der Waals surface area contributed by atoms with Crippen molar-refractivity contribution < 1.29 is 9.53 Å². The SMILES string of the molecule is CCN(CC)C(=O)c1sc2c(c1C)c(=O)n(CCc1ccccc1)c(=O)n2CCOC. The number of aromatic nitrogens is 2. The fourth-order valence-corrected chi connectivity index (χ4v) is 5.00. The number of carbonyl (C=O) groups excluding carboxylic acids is 1. The number of amides is 1. The molecule has 0 saturated heterocycles. The summed E-state index contributed by atoms with van der Waals surface area (Å²) in [5.74, 6) is -0.107.